The number of rotatable bonds is 10. The Morgan fingerprint density at radius 3 is 2.48 bits per heavy atom. The van der Waals surface area contributed by atoms with Crippen LogP contribution in [0.2, 0.25) is 0 Å². The molecule has 10 heteroatoms. The molecule has 1 atom stereocenters. The minimum absolute atomic E-state index is 0.290. The number of imidazole rings is 1. The fourth-order valence-corrected chi connectivity index (χ4v) is 4.50. The van der Waals surface area contributed by atoms with E-state index in [0.29, 0.717) is 35.0 Å². The van der Waals surface area contributed by atoms with E-state index in [1.807, 2.05) is 13.8 Å². The van der Waals surface area contributed by atoms with E-state index in [-0.39, 0.29) is 11.9 Å². The number of hydrogen-bond acceptors (Lipinski definition) is 6. The molecular weight excluding hydrogens is 445 g/mol. The van der Waals surface area contributed by atoms with E-state index < -0.39 is 11.2 Å². The maximum absolute atomic E-state index is 13.4. The van der Waals surface area contributed by atoms with Crippen molar-refractivity contribution in [1.82, 2.24) is 18.7 Å². The summed E-state index contributed by atoms with van der Waals surface area (Å²) in [7, 11) is 3.01. The predicted octanol–water partition coefficient (Wildman–Crippen LogP) is 2.93. The highest BCUT2D eigenvalue weighted by molar-refractivity contribution is 7.99. The molecule has 176 valence electrons. The number of halogens is 1. The van der Waals surface area contributed by atoms with Crippen LogP contribution in [0.1, 0.15) is 38.7 Å². The monoisotopic (exact) mass is 473 g/mol. The van der Waals surface area contributed by atoms with Crippen molar-refractivity contribution in [3.8, 4) is 0 Å². The summed E-state index contributed by atoms with van der Waals surface area (Å²) in [6.45, 7) is 4.25. The number of benzene rings is 1. The van der Waals surface area contributed by atoms with E-state index in [1.54, 1.807) is 23.7 Å². The normalized spacial score (nSPS) is 12.9. The van der Waals surface area contributed by atoms with Crippen molar-refractivity contribution in [1.29, 1.82) is 0 Å². The molecule has 1 aromatic carbocycles. The zero-order valence-corrected chi connectivity index (χ0v) is 20.1. The molecule has 33 heavy (non-hydrogen) atoms. The Morgan fingerprint density at radius 2 is 1.88 bits per heavy atom. The van der Waals surface area contributed by atoms with Crippen LogP contribution in [-0.4, -0.2) is 42.5 Å². The molecule has 0 amide bonds. The average Bonchev–Trinajstić information content (AvgIpc) is 3.17. The van der Waals surface area contributed by atoms with Gasteiger partial charge < -0.3 is 9.36 Å². The van der Waals surface area contributed by atoms with E-state index in [1.165, 1.54) is 35.5 Å². The Labute approximate surface area is 195 Å². The van der Waals surface area contributed by atoms with Crippen molar-refractivity contribution in [3.05, 3.63) is 56.5 Å². The third-order valence-electron chi connectivity index (χ3n) is 5.40. The Hall–Kier alpha value is -3.01. The van der Waals surface area contributed by atoms with E-state index >= 15 is 0 Å². The molecule has 8 nitrogen and oxygen atoms in total. The zero-order valence-electron chi connectivity index (χ0n) is 19.2. The molecule has 0 bridgehead atoms. The summed E-state index contributed by atoms with van der Waals surface area (Å²) in [5.41, 5.74) is 1.39. The van der Waals surface area contributed by atoms with Gasteiger partial charge in [-0.25, -0.2) is 14.2 Å². The summed E-state index contributed by atoms with van der Waals surface area (Å²) in [5, 5.41) is 0.551. The van der Waals surface area contributed by atoms with Crippen LogP contribution in [-0.2, 0) is 25.4 Å². The fourth-order valence-electron chi connectivity index (χ4n) is 3.52. The largest absolute Gasteiger partial charge is 0.332 e. The van der Waals surface area contributed by atoms with Crippen molar-refractivity contribution in [2.45, 2.75) is 50.9 Å². The third-order valence-corrected chi connectivity index (χ3v) is 6.44. The van der Waals surface area contributed by atoms with Crippen LogP contribution >= 0.6 is 11.8 Å². The van der Waals surface area contributed by atoms with Crippen molar-refractivity contribution < 1.29 is 9.18 Å². The van der Waals surface area contributed by atoms with Crippen LogP contribution in [0.15, 0.2) is 44.0 Å². The van der Waals surface area contributed by atoms with Crippen LogP contribution < -0.4 is 11.2 Å². The molecule has 3 aromatic rings. The number of carbonyl (C=O) groups excluding carboxylic acids is 1. The van der Waals surface area contributed by atoms with Gasteiger partial charge in [-0.1, -0.05) is 44.2 Å². The smallest absolute Gasteiger partial charge is 0.309 e. The van der Waals surface area contributed by atoms with E-state index in [4.69, 9.17) is 0 Å². The van der Waals surface area contributed by atoms with Crippen LogP contribution in [0.25, 0.3) is 11.2 Å². The number of thioether (sulfide) groups is 1. The number of nitrogens with zero attached hydrogens (tertiary/aromatic N) is 5. The highest BCUT2D eigenvalue weighted by atomic mass is 32.2. The summed E-state index contributed by atoms with van der Waals surface area (Å²) in [6.07, 6.45) is 3.11. The van der Waals surface area contributed by atoms with Crippen LogP contribution in [0, 0.1) is 5.82 Å². The first-order chi connectivity index (χ1) is 15.8. The molecule has 2 aromatic heterocycles. The quantitative estimate of drug-likeness (QED) is 0.257. The van der Waals surface area contributed by atoms with Crippen LogP contribution in [0.5, 0.6) is 0 Å². The topological polar surface area (TPSA) is 91.2 Å². The molecule has 0 saturated heterocycles. The zero-order chi connectivity index (χ0) is 24.1. The Morgan fingerprint density at radius 1 is 1.18 bits per heavy atom. The molecule has 0 aliphatic heterocycles. The second-order valence-electron chi connectivity index (χ2n) is 7.83. The Kier molecular flexibility index (Phi) is 8.01. The highest BCUT2D eigenvalue weighted by Gasteiger charge is 2.20. The van der Waals surface area contributed by atoms with E-state index in [9.17, 15) is 18.8 Å². The number of aryl methyl sites for hydroxylation is 1. The van der Waals surface area contributed by atoms with Gasteiger partial charge in [0.05, 0.1) is 6.54 Å². The van der Waals surface area contributed by atoms with Crippen LogP contribution in [0.4, 0.5) is 4.39 Å². The molecule has 0 N–H and O–H groups in total. The van der Waals surface area contributed by atoms with Crippen LogP contribution in [0.3, 0.4) is 0 Å². The van der Waals surface area contributed by atoms with Gasteiger partial charge in [-0.15, -0.1) is 0 Å². The number of carbonyl (C=O) groups is 1. The van der Waals surface area contributed by atoms with Gasteiger partial charge in [-0.3, -0.25) is 18.9 Å². The summed E-state index contributed by atoms with van der Waals surface area (Å²) in [6, 6.07) is 5.67. The van der Waals surface area contributed by atoms with Crippen molar-refractivity contribution in [2.24, 2.45) is 19.1 Å². The van der Waals surface area contributed by atoms with Crippen molar-refractivity contribution in [3.63, 3.8) is 0 Å². The van der Waals surface area contributed by atoms with Gasteiger partial charge >= 0.3 is 5.69 Å². The minimum atomic E-state index is -0.458. The lowest BCUT2D eigenvalue weighted by atomic mass is 10.2. The van der Waals surface area contributed by atoms with Gasteiger partial charge in [0.25, 0.3) is 5.56 Å². The van der Waals surface area contributed by atoms with Gasteiger partial charge in [0.15, 0.2) is 16.3 Å². The maximum atomic E-state index is 13.4. The lowest BCUT2D eigenvalue weighted by Gasteiger charge is -2.11. The van der Waals surface area contributed by atoms with Gasteiger partial charge in [0.2, 0.25) is 0 Å². The second-order valence-corrected chi connectivity index (χ2v) is 8.77. The van der Waals surface area contributed by atoms with Gasteiger partial charge in [-0.2, -0.15) is 0 Å². The Bertz CT molecular complexity index is 1290. The summed E-state index contributed by atoms with van der Waals surface area (Å²) in [4.78, 5) is 45.9. The highest BCUT2D eigenvalue weighted by Crippen LogP contribution is 2.24. The Balaban J connectivity index is 2.09. The summed E-state index contributed by atoms with van der Waals surface area (Å²) < 4.78 is 17.6. The lowest BCUT2D eigenvalue weighted by Crippen LogP contribution is -2.37. The number of aromatic nitrogens is 4. The molecule has 0 aliphatic carbocycles. The van der Waals surface area contributed by atoms with E-state index in [2.05, 4.69) is 9.98 Å². The predicted molar refractivity (Wildman–Crippen MR) is 129 cm³/mol. The number of aliphatic imine (C=N–C) groups is 1. The average molecular weight is 474 g/mol. The molecule has 0 aliphatic rings. The van der Waals surface area contributed by atoms with Crippen molar-refractivity contribution >= 4 is 34.9 Å². The number of aldehydes is 1. The maximum Gasteiger partial charge on any atom is 0.332 e. The first-order valence-electron chi connectivity index (χ1n) is 10.8. The summed E-state index contributed by atoms with van der Waals surface area (Å²) in [5.74, 6) is 0.155. The molecule has 0 fully saturated rings. The molecule has 0 spiro atoms. The van der Waals surface area contributed by atoms with Crippen molar-refractivity contribution in [2.75, 3.05) is 5.75 Å². The standard InChI is InChI=1S/C23H28FN5O3S/c1-5-7-18(25-17(6-2)13-30)14-33-22-26-20-19(21(31)28(4)23(32)27(20)3)29(22)12-15-8-10-16(24)11-9-15/h8-11,13,17H,5-7,12,14H2,1-4H3. The van der Waals surface area contributed by atoms with E-state index in [0.717, 1.165) is 35.0 Å². The molecular formula is C23H28FN5O3S. The van der Waals surface area contributed by atoms with Gasteiger partial charge in [0.1, 0.15) is 18.1 Å². The first kappa shape index (κ1) is 24.6. The molecule has 3 rings (SSSR count). The molecule has 2 heterocycles. The number of fused-ring (bicyclic) bond motifs is 1. The van der Waals surface area contributed by atoms with Gasteiger partial charge in [-0.05, 0) is 30.5 Å². The third kappa shape index (κ3) is 5.32. The fraction of sp³-hybridized carbons (Fsp3) is 0.435. The molecule has 0 saturated carbocycles. The lowest BCUT2D eigenvalue weighted by molar-refractivity contribution is -0.108. The van der Waals surface area contributed by atoms with Gasteiger partial charge in [0, 0.05) is 25.6 Å². The molecule has 1 unspecified atom stereocenters. The summed E-state index contributed by atoms with van der Waals surface area (Å²) >= 11 is 1.40. The second kappa shape index (κ2) is 10.7. The molecule has 0 radical (unpaired) electrons. The number of hydrogen-bond donors (Lipinski definition) is 0. The SMILES string of the molecule is CCCC(CSc1nc2c(c(=O)n(C)c(=O)n2C)n1Cc1ccc(F)cc1)=NC(C=O)CC. The minimum Gasteiger partial charge on any atom is -0.309 e. The first-order valence-corrected chi connectivity index (χ1v) is 11.8.